The molecular weight excluding hydrogens is 190 g/mol. The number of nitrogens with zero attached hydrogens (tertiary/aromatic N) is 1. The van der Waals surface area contributed by atoms with Crippen molar-refractivity contribution in [3.05, 3.63) is 12.2 Å². The maximum Gasteiger partial charge on any atom is 0.333 e. The second kappa shape index (κ2) is 7.46. The predicted molar refractivity (Wildman–Crippen MR) is 62.8 cm³/mol. The van der Waals surface area contributed by atoms with E-state index in [0.29, 0.717) is 18.2 Å². The van der Waals surface area contributed by atoms with Crippen LogP contribution in [0.1, 0.15) is 34.1 Å². The Morgan fingerprint density at radius 2 is 2.07 bits per heavy atom. The van der Waals surface area contributed by atoms with Crippen LogP contribution in [0, 0.1) is 0 Å². The number of ether oxygens (including phenoxy) is 1. The van der Waals surface area contributed by atoms with Gasteiger partial charge in [0, 0.05) is 18.2 Å². The molecule has 0 rings (SSSR count). The van der Waals surface area contributed by atoms with E-state index in [-0.39, 0.29) is 5.97 Å². The highest BCUT2D eigenvalue weighted by atomic mass is 16.5. The third-order valence-corrected chi connectivity index (χ3v) is 2.58. The Morgan fingerprint density at radius 1 is 1.47 bits per heavy atom. The lowest BCUT2D eigenvalue weighted by Gasteiger charge is -2.26. The van der Waals surface area contributed by atoms with Crippen molar-refractivity contribution in [3.8, 4) is 0 Å². The van der Waals surface area contributed by atoms with Gasteiger partial charge in [0.05, 0.1) is 0 Å². The van der Waals surface area contributed by atoms with Crippen LogP contribution < -0.4 is 0 Å². The fraction of sp³-hybridized carbons (Fsp3) is 0.750. The van der Waals surface area contributed by atoms with Gasteiger partial charge in [-0.25, -0.2) is 4.79 Å². The normalized spacial score (nSPS) is 12.6. The van der Waals surface area contributed by atoms with Crippen molar-refractivity contribution < 1.29 is 9.53 Å². The minimum atomic E-state index is -0.296. The summed E-state index contributed by atoms with van der Waals surface area (Å²) < 4.78 is 5.05. The molecule has 0 radical (unpaired) electrons. The Morgan fingerprint density at radius 3 is 2.47 bits per heavy atom. The fourth-order valence-electron chi connectivity index (χ4n) is 1.33. The second-order valence-corrected chi connectivity index (χ2v) is 3.80. The van der Waals surface area contributed by atoms with E-state index in [0.717, 1.165) is 19.5 Å². The molecular formula is C12H23NO2. The van der Waals surface area contributed by atoms with Gasteiger partial charge in [-0.1, -0.05) is 20.4 Å². The van der Waals surface area contributed by atoms with Crippen molar-refractivity contribution in [1.82, 2.24) is 4.90 Å². The quantitative estimate of drug-likeness (QED) is 0.480. The molecule has 0 aliphatic rings. The van der Waals surface area contributed by atoms with Gasteiger partial charge in [0.25, 0.3) is 0 Å². The number of carbonyl (C=O) groups excluding carboxylic acids is 1. The molecule has 0 aliphatic heterocycles. The van der Waals surface area contributed by atoms with Gasteiger partial charge >= 0.3 is 5.97 Å². The van der Waals surface area contributed by atoms with Gasteiger partial charge in [-0.15, -0.1) is 0 Å². The zero-order valence-electron chi connectivity index (χ0n) is 10.4. The van der Waals surface area contributed by atoms with Crippen molar-refractivity contribution in [1.29, 1.82) is 0 Å². The summed E-state index contributed by atoms with van der Waals surface area (Å²) in [5.74, 6) is -0.296. The lowest BCUT2D eigenvalue weighted by atomic mass is 10.2. The topological polar surface area (TPSA) is 29.5 Å². The van der Waals surface area contributed by atoms with Crippen molar-refractivity contribution in [2.75, 3.05) is 19.7 Å². The number of carbonyl (C=O) groups is 1. The fourth-order valence-corrected chi connectivity index (χ4v) is 1.33. The van der Waals surface area contributed by atoms with Crippen LogP contribution in [0.4, 0.5) is 0 Å². The van der Waals surface area contributed by atoms with Crippen LogP contribution in [-0.2, 0) is 9.53 Å². The third kappa shape index (κ3) is 5.57. The number of likely N-dealkylation sites (N-methyl/N-ethyl adjacent to an activating group) is 1. The predicted octanol–water partition coefficient (Wildman–Crippen LogP) is 2.23. The summed E-state index contributed by atoms with van der Waals surface area (Å²) in [5, 5.41) is 0. The van der Waals surface area contributed by atoms with E-state index < -0.39 is 0 Å². The molecule has 88 valence electrons. The molecule has 0 fully saturated rings. The van der Waals surface area contributed by atoms with Gasteiger partial charge in [-0.05, 0) is 26.8 Å². The first-order chi connectivity index (χ1) is 7.02. The summed E-state index contributed by atoms with van der Waals surface area (Å²) in [4.78, 5) is 13.4. The molecule has 0 saturated carbocycles. The van der Waals surface area contributed by atoms with E-state index in [1.54, 1.807) is 6.92 Å². The van der Waals surface area contributed by atoms with Crippen LogP contribution in [0.5, 0.6) is 0 Å². The van der Waals surface area contributed by atoms with Crippen LogP contribution in [0.2, 0.25) is 0 Å². The summed E-state index contributed by atoms with van der Waals surface area (Å²) in [5.41, 5.74) is 0.460. The molecule has 0 N–H and O–H groups in total. The van der Waals surface area contributed by atoms with E-state index in [9.17, 15) is 4.79 Å². The number of esters is 1. The molecule has 1 atom stereocenters. The molecule has 1 unspecified atom stereocenters. The van der Waals surface area contributed by atoms with Crippen LogP contribution in [-0.4, -0.2) is 36.6 Å². The highest BCUT2D eigenvalue weighted by Gasteiger charge is 2.10. The van der Waals surface area contributed by atoms with Gasteiger partial charge in [-0.2, -0.15) is 0 Å². The van der Waals surface area contributed by atoms with Crippen LogP contribution in [0.3, 0.4) is 0 Å². The van der Waals surface area contributed by atoms with Gasteiger partial charge < -0.3 is 4.74 Å². The lowest BCUT2D eigenvalue weighted by Crippen LogP contribution is -2.35. The van der Waals surface area contributed by atoms with Crippen molar-refractivity contribution in [3.63, 3.8) is 0 Å². The molecule has 0 spiro atoms. The summed E-state index contributed by atoms with van der Waals surface area (Å²) >= 11 is 0. The molecule has 0 aliphatic carbocycles. The number of hydrogen-bond donors (Lipinski definition) is 0. The molecule has 0 aromatic heterocycles. The number of rotatable bonds is 7. The van der Waals surface area contributed by atoms with E-state index in [4.69, 9.17) is 4.74 Å². The summed E-state index contributed by atoms with van der Waals surface area (Å²) in [7, 11) is 0. The van der Waals surface area contributed by atoms with Gasteiger partial charge in [0.1, 0.15) is 6.61 Å². The minimum Gasteiger partial charge on any atom is -0.461 e. The standard InChI is InChI=1S/C12H23NO2/c1-6-11(5)13(7-2)8-9-15-12(14)10(3)4/h11H,3,6-9H2,1-2,4-5H3. The van der Waals surface area contributed by atoms with E-state index in [1.807, 2.05) is 0 Å². The average molecular weight is 213 g/mol. The van der Waals surface area contributed by atoms with Gasteiger partial charge in [-0.3, -0.25) is 4.90 Å². The molecule has 0 amide bonds. The molecule has 0 saturated heterocycles. The highest BCUT2D eigenvalue weighted by Crippen LogP contribution is 2.02. The Balaban J connectivity index is 3.82. The maximum atomic E-state index is 11.1. The Hall–Kier alpha value is -0.830. The van der Waals surface area contributed by atoms with E-state index in [2.05, 4.69) is 32.3 Å². The summed E-state index contributed by atoms with van der Waals surface area (Å²) in [6.45, 7) is 13.9. The number of hydrogen-bond acceptors (Lipinski definition) is 3. The summed E-state index contributed by atoms with van der Waals surface area (Å²) in [6.07, 6.45) is 1.11. The lowest BCUT2D eigenvalue weighted by molar-refractivity contribution is -0.139. The molecule has 0 heterocycles. The van der Waals surface area contributed by atoms with Crippen LogP contribution in [0.25, 0.3) is 0 Å². The zero-order valence-corrected chi connectivity index (χ0v) is 10.4. The smallest absolute Gasteiger partial charge is 0.333 e. The first-order valence-corrected chi connectivity index (χ1v) is 5.59. The molecule has 15 heavy (non-hydrogen) atoms. The van der Waals surface area contributed by atoms with Gasteiger partial charge in [0.2, 0.25) is 0 Å². The SMILES string of the molecule is C=C(C)C(=O)OCCN(CC)C(C)CC. The van der Waals surface area contributed by atoms with Crippen molar-refractivity contribution in [2.45, 2.75) is 40.2 Å². The monoisotopic (exact) mass is 213 g/mol. The molecule has 0 aromatic carbocycles. The largest absolute Gasteiger partial charge is 0.461 e. The van der Waals surface area contributed by atoms with Crippen LogP contribution in [0.15, 0.2) is 12.2 Å². The molecule has 0 aromatic rings. The van der Waals surface area contributed by atoms with Crippen molar-refractivity contribution in [2.24, 2.45) is 0 Å². The second-order valence-electron chi connectivity index (χ2n) is 3.80. The minimum absolute atomic E-state index is 0.296. The van der Waals surface area contributed by atoms with Crippen LogP contribution >= 0.6 is 0 Å². The third-order valence-electron chi connectivity index (χ3n) is 2.58. The Labute approximate surface area is 93.1 Å². The summed E-state index contributed by atoms with van der Waals surface area (Å²) in [6, 6.07) is 0.540. The zero-order chi connectivity index (χ0) is 11.8. The first-order valence-electron chi connectivity index (χ1n) is 5.59. The highest BCUT2D eigenvalue weighted by molar-refractivity contribution is 5.86. The average Bonchev–Trinajstić information content (AvgIpc) is 2.22. The molecule has 3 nitrogen and oxygen atoms in total. The maximum absolute atomic E-state index is 11.1. The van der Waals surface area contributed by atoms with Crippen molar-refractivity contribution >= 4 is 5.97 Å². The Bertz CT molecular complexity index is 214. The first kappa shape index (κ1) is 14.2. The molecule has 0 bridgehead atoms. The Kier molecular flexibility index (Phi) is 7.05. The van der Waals surface area contributed by atoms with Gasteiger partial charge in [0.15, 0.2) is 0 Å². The van der Waals surface area contributed by atoms with E-state index >= 15 is 0 Å². The molecule has 3 heteroatoms. The van der Waals surface area contributed by atoms with E-state index in [1.165, 1.54) is 0 Å².